The van der Waals surface area contributed by atoms with Crippen LogP contribution in [0.1, 0.15) is 11.5 Å². The van der Waals surface area contributed by atoms with Crippen molar-refractivity contribution in [2.75, 3.05) is 5.32 Å². The average Bonchev–Trinajstić information content (AvgIpc) is 3.02. The maximum absolute atomic E-state index is 14.2. The van der Waals surface area contributed by atoms with E-state index in [0.29, 0.717) is 22.8 Å². The molecule has 136 valence electrons. The predicted octanol–water partition coefficient (Wildman–Crippen LogP) is 4.50. The predicted molar refractivity (Wildman–Crippen MR) is 98.6 cm³/mol. The van der Waals surface area contributed by atoms with Crippen molar-refractivity contribution in [3.8, 4) is 5.69 Å². The number of aryl methyl sites for hydroxylation is 2. The fourth-order valence-electron chi connectivity index (χ4n) is 2.80. The van der Waals surface area contributed by atoms with Crippen molar-refractivity contribution in [1.29, 1.82) is 0 Å². The number of rotatable bonds is 3. The minimum atomic E-state index is -0.628. The average molecular weight is 387 g/mol. The molecule has 4 rings (SSSR count). The van der Waals surface area contributed by atoms with Gasteiger partial charge in [-0.3, -0.25) is 0 Å². The molecule has 6 nitrogen and oxygen atoms in total. The second-order valence-corrected chi connectivity index (χ2v) is 6.33. The van der Waals surface area contributed by atoms with Crippen LogP contribution >= 0.6 is 11.6 Å². The highest BCUT2D eigenvalue weighted by molar-refractivity contribution is 6.32. The number of para-hydroxylation sites is 1. The minimum Gasteiger partial charge on any atom is -0.324 e. The van der Waals surface area contributed by atoms with Crippen molar-refractivity contribution in [3.05, 3.63) is 64.8 Å². The maximum atomic E-state index is 14.2. The molecule has 0 bridgehead atoms. The Morgan fingerprint density at radius 3 is 2.67 bits per heavy atom. The highest BCUT2D eigenvalue weighted by atomic mass is 35.5. The first-order valence-electron chi connectivity index (χ1n) is 8.00. The first-order valence-corrected chi connectivity index (χ1v) is 8.38. The van der Waals surface area contributed by atoms with Gasteiger partial charge in [0.15, 0.2) is 5.82 Å². The molecule has 0 saturated carbocycles. The van der Waals surface area contributed by atoms with E-state index in [1.165, 1.54) is 29.1 Å². The number of benzene rings is 1. The highest BCUT2D eigenvalue weighted by Crippen LogP contribution is 2.29. The van der Waals surface area contributed by atoms with Crippen LogP contribution in [0.5, 0.6) is 0 Å². The molecule has 0 amide bonds. The lowest BCUT2D eigenvalue weighted by atomic mass is 10.3. The molecule has 0 radical (unpaired) electrons. The lowest BCUT2D eigenvalue weighted by Crippen LogP contribution is -2.00. The molecular weight excluding hydrogens is 374 g/mol. The number of nitrogens with one attached hydrogen (secondary N) is 1. The second kappa shape index (κ2) is 6.55. The Morgan fingerprint density at radius 1 is 1.11 bits per heavy atom. The number of nitrogens with zero attached hydrogens (tertiary/aromatic N) is 5. The van der Waals surface area contributed by atoms with Gasteiger partial charge in [-0.1, -0.05) is 17.7 Å². The molecule has 0 fully saturated rings. The zero-order chi connectivity index (χ0) is 19.1. The van der Waals surface area contributed by atoms with Crippen molar-refractivity contribution >= 4 is 34.1 Å². The molecule has 3 heterocycles. The fraction of sp³-hybridized carbons (Fsp3) is 0.111. The monoisotopic (exact) mass is 386 g/mol. The van der Waals surface area contributed by atoms with Crippen LogP contribution in [-0.2, 0) is 0 Å². The van der Waals surface area contributed by atoms with Gasteiger partial charge in [0.25, 0.3) is 0 Å². The van der Waals surface area contributed by atoms with Gasteiger partial charge in [0, 0.05) is 18.0 Å². The Hall–Kier alpha value is -3.13. The largest absolute Gasteiger partial charge is 0.324 e. The van der Waals surface area contributed by atoms with Gasteiger partial charge in [0.05, 0.1) is 16.6 Å². The third-order valence-corrected chi connectivity index (χ3v) is 4.19. The summed E-state index contributed by atoms with van der Waals surface area (Å²) in [6.45, 7) is 3.61. The number of anilines is 2. The zero-order valence-electron chi connectivity index (χ0n) is 14.3. The molecule has 3 aromatic heterocycles. The SMILES string of the molecule is Cc1cc(Nc2ncc(F)c3nn(-c4c(F)cccc4Cl)cc23)nc(C)n1. The summed E-state index contributed by atoms with van der Waals surface area (Å²) in [6.07, 6.45) is 2.52. The number of hydrogen-bond donors (Lipinski definition) is 1. The number of halogens is 3. The lowest BCUT2D eigenvalue weighted by Gasteiger charge is -2.07. The number of fused-ring (bicyclic) bond motifs is 1. The second-order valence-electron chi connectivity index (χ2n) is 5.93. The Balaban J connectivity index is 1.86. The van der Waals surface area contributed by atoms with Crippen molar-refractivity contribution < 1.29 is 8.78 Å². The summed E-state index contributed by atoms with van der Waals surface area (Å²) >= 11 is 6.09. The molecule has 0 aliphatic heterocycles. The summed E-state index contributed by atoms with van der Waals surface area (Å²) < 4.78 is 29.7. The van der Waals surface area contributed by atoms with Crippen molar-refractivity contribution in [2.24, 2.45) is 0 Å². The van der Waals surface area contributed by atoms with Crippen LogP contribution in [0.25, 0.3) is 16.6 Å². The molecule has 0 atom stereocenters. The van der Waals surface area contributed by atoms with Crippen LogP contribution in [0.3, 0.4) is 0 Å². The van der Waals surface area contributed by atoms with Crippen molar-refractivity contribution in [2.45, 2.75) is 13.8 Å². The fourth-order valence-corrected chi connectivity index (χ4v) is 3.05. The summed E-state index contributed by atoms with van der Waals surface area (Å²) in [6, 6.07) is 6.02. The number of pyridine rings is 1. The molecule has 0 unspecified atom stereocenters. The van der Waals surface area contributed by atoms with Gasteiger partial charge in [-0.15, -0.1) is 0 Å². The number of aromatic nitrogens is 5. The molecule has 9 heteroatoms. The van der Waals surface area contributed by atoms with E-state index in [1.54, 1.807) is 13.0 Å². The van der Waals surface area contributed by atoms with Gasteiger partial charge in [-0.25, -0.2) is 28.4 Å². The third kappa shape index (κ3) is 3.19. The molecule has 1 N–H and O–H groups in total. The van der Waals surface area contributed by atoms with Gasteiger partial charge in [-0.05, 0) is 26.0 Å². The van der Waals surface area contributed by atoms with E-state index in [9.17, 15) is 8.78 Å². The molecule has 0 aliphatic rings. The van der Waals surface area contributed by atoms with Crippen molar-refractivity contribution in [1.82, 2.24) is 24.7 Å². The van der Waals surface area contributed by atoms with E-state index in [2.05, 4.69) is 25.4 Å². The smallest absolute Gasteiger partial charge is 0.169 e. The maximum Gasteiger partial charge on any atom is 0.169 e. The molecule has 0 spiro atoms. The Morgan fingerprint density at radius 2 is 1.93 bits per heavy atom. The van der Waals surface area contributed by atoms with E-state index in [4.69, 9.17) is 11.6 Å². The van der Waals surface area contributed by atoms with Crippen molar-refractivity contribution in [3.63, 3.8) is 0 Å². The third-order valence-electron chi connectivity index (χ3n) is 3.88. The molecule has 4 aromatic rings. The highest BCUT2D eigenvalue weighted by Gasteiger charge is 2.17. The van der Waals surface area contributed by atoms with Crippen LogP contribution in [0, 0.1) is 25.5 Å². The van der Waals surface area contributed by atoms with Crippen LogP contribution in [0.4, 0.5) is 20.4 Å². The van der Waals surface area contributed by atoms with Gasteiger partial charge < -0.3 is 5.32 Å². The van der Waals surface area contributed by atoms with E-state index in [-0.39, 0.29) is 16.2 Å². The van der Waals surface area contributed by atoms with Gasteiger partial charge in [-0.2, -0.15) is 5.10 Å². The topological polar surface area (TPSA) is 68.5 Å². The van der Waals surface area contributed by atoms with Crippen LogP contribution in [-0.4, -0.2) is 24.7 Å². The van der Waals surface area contributed by atoms with E-state index in [1.807, 2.05) is 6.92 Å². The quantitative estimate of drug-likeness (QED) is 0.561. The minimum absolute atomic E-state index is 0.0364. The summed E-state index contributed by atoms with van der Waals surface area (Å²) in [5, 5.41) is 7.71. The summed E-state index contributed by atoms with van der Waals surface area (Å²) in [5.41, 5.74) is 0.848. The van der Waals surface area contributed by atoms with E-state index in [0.717, 1.165) is 11.9 Å². The van der Waals surface area contributed by atoms with Gasteiger partial charge in [0.1, 0.15) is 34.5 Å². The van der Waals surface area contributed by atoms with Gasteiger partial charge in [0.2, 0.25) is 0 Å². The normalized spacial score (nSPS) is 11.1. The zero-order valence-corrected chi connectivity index (χ0v) is 15.1. The molecule has 27 heavy (non-hydrogen) atoms. The Kier molecular flexibility index (Phi) is 4.19. The first kappa shape index (κ1) is 17.3. The van der Waals surface area contributed by atoms with Gasteiger partial charge >= 0.3 is 0 Å². The van der Waals surface area contributed by atoms with Crippen LogP contribution in [0.15, 0.2) is 36.7 Å². The van der Waals surface area contributed by atoms with E-state index >= 15 is 0 Å². The lowest BCUT2D eigenvalue weighted by molar-refractivity contribution is 0.608. The number of hydrogen-bond acceptors (Lipinski definition) is 5. The molecular formula is C18H13ClF2N6. The van der Waals surface area contributed by atoms with Crippen LogP contribution in [0.2, 0.25) is 5.02 Å². The first-order chi connectivity index (χ1) is 12.9. The standard InChI is InChI=1S/C18H13ClF2N6/c1-9-6-15(24-10(2)23-9)25-18-11-8-27(26-16(11)14(21)7-22-18)17-12(19)4-3-5-13(17)20/h3-8H,1-2H3,(H,22,23,24,25). The summed E-state index contributed by atoms with van der Waals surface area (Å²) in [5.74, 6) is 0.237. The molecule has 0 aliphatic carbocycles. The molecule has 1 aromatic carbocycles. The summed E-state index contributed by atoms with van der Waals surface area (Å²) in [7, 11) is 0. The van der Waals surface area contributed by atoms with Crippen LogP contribution < -0.4 is 5.32 Å². The summed E-state index contributed by atoms with van der Waals surface area (Å²) in [4.78, 5) is 12.6. The molecule has 0 saturated heterocycles. The Labute approximate surface area is 157 Å². The van der Waals surface area contributed by atoms with E-state index < -0.39 is 11.6 Å². The Bertz CT molecular complexity index is 1130.